The minimum atomic E-state index is 0.598. The quantitative estimate of drug-likeness (QED) is 0.783. The van der Waals surface area contributed by atoms with E-state index < -0.39 is 0 Å². The monoisotopic (exact) mass is 245 g/mol. The maximum absolute atomic E-state index is 5.34. The molecule has 0 aliphatic rings. The lowest BCUT2D eigenvalue weighted by Gasteiger charge is -2.09. The first-order valence-corrected chi connectivity index (χ1v) is 5.88. The van der Waals surface area contributed by atoms with Crippen LogP contribution < -0.4 is 5.32 Å². The van der Waals surface area contributed by atoms with E-state index in [2.05, 4.69) is 29.5 Å². The number of anilines is 1. The van der Waals surface area contributed by atoms with Gasteiger partial charge in [0.2, 0.25) is 0 Å². The molecule has 0 atom stereocenters. The van der Waals surface area contributed by atoms with E-state index in [-0.39, 0.29) is 0 Å². The third-order valence-corrected chi connectivity index (χ3v) is 2.75. The van der Waals surface area contributed by atoms with E-state index in [1.807, 2.05) is 32.0 Å². The number of hydrogen-bond donors (Lipinski definition) is 1. The fourth-order valence-corrected chi connectivity index (χ4v) is 2.04. The van der Waals surface area contributed by atoms with Crippen LogP contribution in [-0.2, 0) is 0 Å². The fourth-order valence-electron chi connectivity index (χ4n) is 1.73. The van der Waals surface area contributed by atoms with Gasteiger partial charge in [-0.25, -0.2) is 4.68 Å². The molecule has 0 aliphatic carbocycles. The Balaban J connectivity index is 2.20. The molecule has 3 nitrogen and oxygen atoms in total. The largest absolute Gasteiger partial charge is 0.331 e. The average molecular weight is 245 g/mol. The second-order valence-electron chi connectivity index (χ2n) is 4.14. The minimum absolute atomic E-state index is 0.598. The van der Waals surface area contributed by atoms with Gasteiger partial charge in [-0.05, 0) is 56.8 Å². The van der Waals surface area contributed by atoms with E-state index in [4.69, 9.17) is 12.2 Å². The first-order valence-electron chi connectivity index (χ1n) is 5.47. The van der Waals surface area contributed by atoms with E-state index in [9.17, 15) is 0 Å². The van der Waals surface area contributed by atoms with Gasteiger partial charge in [0, 0.05) is 11.4 Å². The lowest BCUT2D eigenvalue weighted by molar-refractivity contribution is 0.892. The van der Waals surface area contributed by atoms with Crippen LogP contribution in [0.25, 0.3) is 0 Å². The van der Waals surface area contributed by atoms with Crippen LogP contribution in [0.15, 0.2) is 30.3 Å². The summed E-state index contributed by atoms with van der Waals surface area (Å²) in [5, 5.41) is 8.13. The Kier molecular flexibility index (Phi) is 3.24. The minimum Gasteiger partial charge on any atom is -0.331 e. The normalized spacial score (nSPS) is 10.3. The lowest BCUT2D eigenvalue weighted by atomic mass is 10.2. The topological polar surface area (TPSA) is 29.9 Å². The van der Waals surface area contributed by atoms with Gasteiger partial charge in [-0.1, -0.05) is 12.1 Å². The summed E-state index contributed by atoms with van der Waals surface area (Å²) >= 11 is 5.34. The number of nitrogens with one attached hydrogen (secondary N) is 1. The zero-order valence-corrected chi connectivity index (χ0v) is 11.0. The molecule has 0 aliphatic heterocycles. The van der Waals surface area contributed by atoms with E-state index in [1.54, 1.807) is 4.68 Å². The Morgan fingerprint density at radius 3 is 2.59 bits per heavy atom. The van der Waals surface area contributed by atoms with Crippen molar-refractivity contribution in [3.05, 3.63) is 47.3 Å². The highest BCUT2D eigenvalue weighted by atomic mass is 32.1. The fraction of sp³-hybridized carbons (Fsp3) is 0.231. The van der Waals surface area contributed by atoms with Crippen molar-refractivity contribution in [1.29, 1.82) is 0 Å². The number of aromatic nitrogens is 2. The molecule has 1 heterocycles. The Labute approximate surface area is 106 Å². The predicted molar refractivity (Wildman–Crippen MR) is 74.5 cm³/mol. The zero-order chi connectivity index (χ0) is 12.4. The van der Waals surface area contributed by atoms with Gasteiger partial charge in [0.05, 0.1) is 5.69 Å². The molecule has 0 saturated carbocycles. The number of rotatable bonds is 1. The highest BCUT2D eigenvalue weighted by Gasteiger charge is 2.06. The van der Waals surface area contributed by atoms with Crippen molar-refractivity contribution in [3.63, 3.8) is 0 Å². The number of aryl methyl sites for hydroxylation is 3. The molecule has 2 rings (SSSR count). The van der Waals surface area contributed by atoms with Crippen LogP contribution in [0.5, 0.6) is 0 Å². The number of hydrogen-bond acceptors (Lipinski definition) is 2. The third-order valence-electron chi connectivity index (χ3n) is 2.47. The van der Waals surface area contributed by atoms with Crippen molar-refractivity contribution in [2.45, 2.75) is 20.8 Å². The Bertz CT molecular complexity index is 558. The Morgan fingerprint density at radius 1 is 1.24 bits per heavy atom. The summed E-state index contributed by atoms with van der Waals surface area (Å²) in [7, 11) is 0. The summed E-state index contributed by atoms with van der Waals surface area (Å²) in [4.78, 5) is 0. The molecule has 1 aromatic carbocycles. The molecule has 0 amide bonds. The van der Waals surface area contributed by atoms with Crippen molar-refractivity contribution in [3.8, 4) is 0 Å². The summed E-state index contributed by atoms with van der Waals surface area (Å²) in [6.07, 6.45) is 0. The van der Waals surface area contributed by atoms with Gasteiger partial charge in [0.15, 0.2) is 5.11 Å². The Hall–Kier alpha value is -1.68. The molecule has 4 heteroatoms. The molecule has 0 spiro atoms. The molecular weight excluding hydrogens is 230 g/mol. The van der Waals surface area contributed by atoms with Crippen LogP contribution in [0.1, 0.15) is 17.0 Å². The van der Waals surface area contributed by atoms with Crippen molar-refractivity contribution < 1.29 is 0 Å². The van der Waals surface area contributed by atoms with Crippen molar-refractivity contribution >= 4 is 23.0 Å². The van der Waals surface area contributed by atoms with Crippen molar-refractivity contribution in [2.75, 3.05) is 5.32 Å². The van der Waals surface area contributed by atoms with Crippen molar-refractivity contribution in [1.82, 2.24) is 9.78 Å². The molecule has 0 fully saturated rings. The standard InChI is InChI=1S/C13H15N3S/c1-9-5-4-6-12(7-9)14-13(17)16-11(3)8-10(2)15-16/h4-8H,1-3H3,(H,14,17). The molecule has 1 aromatic heterocycles. The smallest absolute Gasteiger partial charge is 0.198 e. The molecule has 2 aromatic rings. The third kappa shape index (κ3) is 2.71. The summed E-state index contributed by atoms with van der Waals surface area (Å²) < 4.78 is 1.74. The van der Waals surface area contributed by atoms with Gasteiger partial charge in [-0.2, -0.15) is 5.10 Å². The zero-order valence-electron chi connectivity index (χ0n) is 10.2. The summed E-state index contributed by atoms with van der Waals surface area (Å²) in [6, 6.07) is 10.1. The SMILES string of the molecule is Cc1cccc(NC(=S)n2nc(C)cc2C)c1. The van der Waals surface area contributed by atoms with Gasteiger partial charge >= 0.3 is 0 Å². The molecular formula is C13H15N3S. The molecule has 0 radical (unpaired) electrons. The molecule has 88 valence electrons. The molecule has 1 N–H and O–H groups in total. The Morgan fingerprint density at radius 2 is 2.00 bits per heavy atom. The summed E-state index contributed by atoms with van der Waals surface area (Å²) in [5.74, 6) is 0. The van der Waals surface area contributed by atoms with Crippen LogP contribution >= 0.6 is 12.2 Å². The maximum Gasteiger partial charge on any atom is 0.198 e. The first-order chi connectivity index (χ1) is 8.06. The number of thiocarbonyl (C=S) groups is 1. The van der Waals surface area contributed by atoms with Gasteiger partial charge < -0.3 is 5.32 Å². The van der Waals surface area contributed by atoms with Crippen LogP contribution in [-0.4, -0.2) is 14.9 Å². The second kappa shape index (κ2) is 4.67. The number of benzene rings is 1. The van der Waals surface area contributed by atoms with Gasteiger partial charge in [-0.15, -0.1) is 0 Å². The highest BCUT2D eigenvalue weighted by molar-refractivity contribution is 7.80. The van der Waals surface area contributed by atoms with Crippen LogP contribution in [0.4, 0.5) is 5.69 Å². The summed E-state index contributed by atoms with van der Waals surface area (Å²) in [6.45, 7) is 6.00. The molecule has 17 heavy (non-hydrogen) atoms. The van der Waals surface area contributed by atoms with Crippen LogP contribution in [0.3, 0.4) is 0 Å². The first kappa shape index (κ1) is 11.8. The highest BCUT2D eigenvalue weighted by Crippen LogP contribution is 2.11. The van der Waals surface area contributed by atoms with E-state index >= 15 is 0 Å². The van der Waals surface area contributed by atoms with Crippen LogP contribution in [0, 0.1) is 20.8 Å². The predicted octanol–water partition coefficient (Wildman–Crippen LogP) is 3.05. The lowest BCUT2D eigenvalue weighted by Crippen LogP contribution is -2.21. The van der Waals surface area contributed by atoms with E-state index in [1.165, 1.54) is 5.56 Å². The van der Waals surface area contributed by atoms with Crippen LogP contribution in [0.2, 0.25) is 0 Å². The van der Waals surface area contributed by atoms with Gasteiger partial charge in [0.25, 0.3) is 0 Å². The van der Waals surface area contributed by atoms with E-state index in [0.717, 1.165) is 17.1 Å². The maximum atomic E-state index is 5.34. The molecule has 0 bridgehead atoms. The second-order valence-corrected chi connectivity index (χ2v) is 4.53. The van der Waals surface area contributed by atoms with Gasteiger partial charge in [0.1, 0.15) is 0 Å². The molecule has 0 saturated heterocycles. The summed E-state index contributed by atoms with van der Waals surface area (Å²) in [5.41, 5.74) is 4.19. The number of nitrogens with zero attached hydrogens (tertiary/aromatic N) is 2. The van der Waals surface area contributed by atoms with Gasteiger partial charge in [-0.3, -0.25) is 0 Å². The average Bonchev–Trinajstić information content (AvgIpc) is 2.58. The van der Waals surface area contributed by atoms with E-state index in [0.29, 0.717) is 5.11 Å². The van der Waals surface area contributed by atoms with Crippen molar-refractivity contribution in [2.24, 2.45) is 0 Å². The molecule has 0 unspecified atom stereocenters.